The molecule has 3 aromatic rings. The van der Waals surface area contributed by atoms with Crippen LogP contribution in [0.25, 0.3) is 0 Å². The lowest BCUT2D eigenvalue weighted by Crippen LogP contribution is -2.25. The number of hydrogen-bond acceptors (Lipinski definition) is 7. The van der Waals surface area contributed by atoms with Gasteiger partial charge in [-0.1, -0.05) is 6.07 Å². The van der Waals surface area contributed by atoms with E-state index in [1.165, 1.54) is 24.3 Å². The van der Waals surface area contributed by atoms with E-state index in [1.807, 2.05) is 10.8 Å². The van der Waals surface area contributed by atoms with Crippen LogP contribution in [-0.4, -0.2) is 38.5 Å². The molecule has 0 bridgehead atoms. The zero-order valence-corrected chi connectivity index (χ0v) is 18.6. The number of nitrogens with zero attached hydrogens (tertiary/aromatic N) is 4. The average molecular weight is 464 g/mol. The number of hydrogen-bond donors (Lipinski definition) is 2. The number of rotatable bonds is 8. The van der Waals surface area contributed by atoms with Crippen LogP contribution in [0.2, 0.25) is 0 Å². The molecule has 0 radical (unpaired) electrons. The van der Waals surface area contributed by atoms with Crippen LogP contribution in [0.15, 0.2) is 52.5 Å². The highest BCUT2D eigenvalue weighted by Crippen LogP contribution is 2.30. The number of carbonyl (C=O) groups is 2. The average Bonchev–Trinajstić information content (AvgIpc) is 3.48. The number of carbonyl (C=O) groups excluding carboxylic acids is 2. The van der Waals surface area contributed by atoms with Gasteiger partial charge < -0.3 is 14.3 Å². The molecule has 4 rings (SSSR count). The molecule has 176 valence electrons. The van der Waals surface area contributed by atoms with Crippen molar-refractivity contribution in [3.8, 4) is 0 Å². The number of nitro benzene ring substituents is 1. The monoisotopic (exact) mass is 464 g/mol. The maximum Gasteiger partial charge on any atom is 0.287 e. The number of fused-ring (bicyclic) bond motifs is 1. The largest absolute Gasteiger partial charge is 0.455 e. The van der Waals surface area contributed by atoms with Gasteiger partial charge in [-0.05, 0) is 32.3 Å². The first-order chi connectivity index (χ1) is 16.4. The first-order valence-corrected chi connectivity index (χ1v) is 10.9. The van der Waals surface area contributed by atoms with Crippen molar-refractivity contribution in [2.24, 2.45) is 5.10 Å². The lowest BCUT2D eigenvalue weighted by molar-refractivity contribution is -0.384. The highest BCUT2D eigenvalue weighted by molar-refractivity contribution is 6.07. The third-order valence-electron chi connectivity index (χ3n) is 5.58. The molecule has 1 aliphatic carbocycles. The molecule has 0 saturated carbocycles. The molecule has 2 amide bonds. The van der Waals surface area contributed by atoms with Gasteiger partial charge in [0.1, 0.15) is 5.76 Å². The van der Waals surface area contributed by atoms with E-state index in [0.717, 1.165) is 24.9 Å². The summed E-state index contributed by atoms with van der Waals surface area (Å²) in [5.74, 6) is 0.0562. The molecule has 2 aromatic heterocycles. The summed E-state index contributed by atoms with van der Waals surface area (Å²) in [5.41, 5.74) is 4.45. The fourth-order valence-corrected chi connectivity index (χ4v) is 3.90. The Kier molecular flexibility index (Phi) is 6.81. The summed E-state index contributed by atoms with van der Waals surface area (Å²) in [4.78, 5) is 39.5. The SMILES string of the molecule is Cc1c(C(=O)NCCCn2ccnc2)oc2c1/C(=N/NC(=O)c1cccc([N+](=O)[O-])c1)CCC2. The zero-order chi connectivity index (χ0) is 24.1. The molecule has 0 aliphatic heterocycles. The molecular formula is C23H24N6O5. The van der Waals surface area contributed by atoms with Crippen LogP contribution in [0, 0.1) is 17.0 Å². The third kappa shape index (κ3) is 5.03. The molecule has 0 fully saturated rings. The molecule has 2 N–H and O–H groups in total. The quantitative estimate of drug-likeness (QED) is 0.298. The fourth-order valence-electron chi connectivity index (χ4n) is 3.90. The predicted molar refractivity (Wildman–Crippen MR) is 123 cm³/mol. The third-order valence-corrected chi connectivity index (χ3v) is 5.58. The Balaban J connectivity index is 1.43. The second-order valence-electron chi connectivity index (χ2n) is 7.92. The summed E-state index contributed by atoms with van der Waals surface area (Å²) in [6.07, 6.45) is 8.09. The van der Waals surface area contributed by atoms with E-state index < -0.39 is 10.8 Å². The number of aromatic nitrogens is 2. The van der Waals surface area contributed by atoms with E-state index in [4.69, 9.17) is 4.42 Å². The van der Waals surface area contributed by atoms with Crippen LogP contribution < -0.4 is 10.7 Å². The number of imidazole rings is 1. The number of benzene rings is 1. The van der Waals surface area contributed by atoms with Gasteiger partial charge in [-0.15, -0.1) is 0 Å². The normalized spacial score (nSPS) is 14.0. The van der Waals surface area contributed by atoms with Crippen molar-refractivity contribution >= 4 is 23.2 Å². The van der Waals surface area contributed by atoms with E-state index in [2.05, 4.69) is 20.8 Å². The van der Waals surface area contributed by atoms with E-state index in [-0.39, 0.29) is 22.9 Å². The minimum atomic E-state index is -0.560. The van der Waals surface area contributed by atoms with Crippen LogP contribution >= 0.6 is 0 Å². The standard InChI is InChI=1S/C23H24N6O5/c1-15-20-18(26-27-22(30)16-5-2-6-17(13-16)29(32)33)7-3-8-19(20)34-21(15)23(31)25-9-4-11-28-12-10-24-14-28/h2,5-6,10,12-14H,3-4,7-9,11H2,1H3,(H,25,31)(H,27,30)/b26-18+. The smallest absolute Gasteiger partial charge is 0.287 e. The number of furan rings is 1. The number of hydrazone groups is 1. The fraction of sp³-hybridized carbons (Fsp3) is 0.304. The Morgan fingerprint density at radius 3 is 2.91 bits per heavy atom. The first-order valence-electron chi connectivity index (χ1n) is 10.9. The number of non-ortho nitro benzene ring substituents is 1. The Morgan fingerprint density at radius 2 is 2.15 bits per heavy atom. The molecule has 34 heavy (non-hydrogen) atoms. The van der Waals surface area contributed by atoms with Crippen molar-refractivity contribution in [1.82, 2.24) is 20.3 Å². The predicted octanol–water partition coefficient (Wildman–Crippen LogP) is 2.98. The summed E-state index contributed by atoms with van der Waals surface area (Å²) in [7, 11) is 0. The summed E-state index contributed by atoms with van der Waals surface area (Å²) >= 11 is 0. The van der Waals surface area contributed by atoms with Crippen molar-refractivity contribution in [3.63, 3.8) is 0 Å². The second kappa shape index (κ2) is 10.1. The minimum Gasteiger partial charge on any atom is -0.455 e. The highest BCUT2D eigenvalue weighted by Gasteiger charge is 2.28. The van der Waals surface area contributed by atoms with Gasteiger partial charge in [0.05, 0.1) is 17.0 Å². The summed E-state index contributed by atoms with van der Waals surface area (Å²) in [5, 5.41) is 18.1. The van der Waals surface area contributed by atoms with Crippen LogP contribution in [0.5, 0.6) is 0 Å². The topological polar surface area (TPSA) is 145 Å². The van der Waals surface area contributed by atoms with Crippen molar-refractivity contribution in [2.45, 2.75) is 39.2 Å². The second-order valence-corrected chi connectivity index (χ2v) is 7.92. The van der Waals surface area contributed by atoms with Crippen LogP contribution in [0.4, 0.5) is 5.69 Å². The van der Waals surface area contributed by atoms with Crippen molar-refractivity contribution < 1.29 is 18.9 Å². The Hall–Kier alpha value is -4.28. The van der Waals surface area contributed by atoms with E-state index >= 15 is 0 Å². The number of nitrogens with one attached hydrogen (secondary N) is 2. The molecule has 2 heterocycles. The lowest BCUT2D eigenvalue weighted by atomic mass is 9.93. The molecule has 11 nitrogen and oxygen atoms in total. The van der Waals surface area contributed by atoms with Gasteiger partial charge in [0.2, 0.25) is 0 Å². The summed E-state index contributed by atoms with van der Waals surface area (Å²) in [6, 6.07) is 5.43. The van der Waals surface area contributed by atoms with Crippen molar-refractivity contribution in [1.29, 1.82) is 0 Å². The van der Waals surface area contributed by atoms with Gasteiger partial charge in [0.15, 0.2) is 5.76 Å². The highest BCUT2D eigenvalue weighted by atomic mass is 16.6. The molecule has 1 aliphatic rings. The van der Waals surface area contributed by atoms with E-state index in [0.29, 0.717) is 36.4 Å². The van der Waals surface area contributed by atoms with Crippen molar-refractivity contribution in [2.75, 3.05) is 6.54 Å². The molecule has 11 heteroatoms. The van der Waals surface area contributed by atoms with Crippen molar-refractivity contribution in [3.05, 3.63) is 81.3 Å². The maximum absolute atomic E-state index is 12.7. The zero-order valence-electron chi connectivity index (χ0n) is 18.6. The van der Waals surface area contributed by atoms with Gasteiger partial charge in [0.25, 0.3) is 17.5 Å². The Morgan fingerprint density at radius 1 is 1.29 bits per heavy atom. The van der Waals surface area contributed by atoms with E-state index in [9.17, 15) is 19.7 Å². The van der Waals surface area contributed by atoms with Crippen LogP contribution in [0.3, 0.4) is 0 Å². The molecular weight excluding hydrogens is 440 g/mol. The van der Waals surface area contributed by atoms with E-state index in [1.54, 1.807) is 19.4 Å². The summed E-state index contributed by atoms with van der Waals surface area (Å²) in [6.45, 7) is 3.03. The Bertz CT molecular complexity index is 1240. The minimum absolute atomic E-state index is 0.134. The maximum atomic E-state index is 12.7. The van der Waals surface area contributed by atoms with Crippen LogP contribution in [-0.2, 0) is 13.0 Å². The van der Waals surface area contributed by atoms with Crippen LogP contribution in [0.1, 0.15) is 57.1 Å². The molecule has 1 aromatic carbocycles. The lowest BCUT2D eigenvalue weighted by Gasteiger charge is -2.13. The Labute approximate surface area is 195 Å². The van der Waals surface area contributed by atoms with Gasteiger partial charge >= 0.3 is 0 Å². The first kappa shape index (κ1) is 22.9. The molecule has 0 atom stereocenters. The number of aryl methyl sites for hydroxylation is 2. The van der Waals surface area contributed by atoms with Gasteiger partial charge in [-0.25, -0.2) is 10.4 Å². The van der Waals surface area contributed by atoms with Gasteiger partial charge in [-0.3, -0.25) is 19.7 Å². The number of nitro groups is 1. The van der Waals surface area contributed by atoms with Gasteiger partial charge in [0, 0.05) is 60.7 Å². The molecule has 0 unspecified atom stereocenters. The summed E-state index contributed by atoms with van der Waals surface area (Å²) < 4.78 is 7.81. The molecule has 0 saturated heterocycles. The number of amides is 2. The van der Waals surface area contributed by atoms with Gasteiger partial charge in [-0.2, -0.15) is 5.10 Å². The molecule has 0 spiro atoms.